The van der Waals surface area contributed by atoms with E-state index < -0.39 is 12.1 Å². The van der Waals surface area contributed by atoms with Crippen LogP contribution in [0.4, 0.5) is 5.69 Å². The van der Waals surface area contributed by atoms with E-state index in [0.717, 1.165) is 0 Å². The van der Waals surface area contributed by atoms with Crippen LogP contribution in [0, 0.1) is 0 Å². The molecular weight excluding hydrogens is 396 g/mol. The Balaban J connectivity index is 2.97. The predicted octanol–water partition coefficient (Wildman–Crippen LogP) is 2.21. The lowest BCUT2D eigenvalue weighted by Gasteiger charge is -2.15. The standard InChI is InChI=1S/C12H14Br2N2O4/c1-20-7(5-15)4-10(17)16-11-8(12(18)19)2-6(13)3-9(11)14/h2-3,7H,4-5,15H2,1H3,(H,16,17)(H,18,19). The minimum Gasteiger partial charge on any atom is -0.478 e. The van der Waals surface area contributed by atoms with E-state index in [2.05, 4.69) is 37.2 Å². The largest absolute Gasteiger partial charge is 0.478 e. The number of rotatable bonds is 6. The quantitative estimate of drug-likeness (QED) is 0.668. The molecule has 110 valence electrons. The van der Waals surface area contributed by atoms with Gasteiger partial charge in [0.2, 0.25) is 5.91 Å². The average molecular weight is 410 g/mol. The van der Waals surface area contributed by atoms with E-state index in [1.165, 1.54) is 13.2 Å². The van der Waals surface area contributed by atoms with Gasteiger partial charge in [0.25, 0.3) is 0 Å². The van der Waals surface area contributed by atoms with Gasteiger partial charge in [0.15, 0.2) is 0 Å². The summed E-state index contributed by atoms with van der Waals surface area (Å²) >= 11 is 6.43. The highest BCUT2D eigenvalue weighted by Crippen LogP contribution is 2.31. The summed E-state index contributed by atoms with van der Waals surface area (Å²) in [5.41, 5.74) is 5.63. The SMILES string of the molecule is COC(CN)CC(=O)Nc1c(Br)cc(Br)cc1C(=O)O. The number of carboxylic acids is 1. The molecule has 6 nitrogen and oxygen atoms in total. The third-order valence-corrected chi connectivity index (χ3v) is 3.64. The highest BCUT2D eigenvalue weighted by Gasteiger charge is 2.18. The number of hydrogen-bond acceptors (Lipinski definition) is 4. The molecule has 0 aliphatic rings. The van der Waals surface area contributed by atoms with Crippen molar-refractivity contribution in [1.29, 1.82) is 0 Å². The molecule has 0 saturated carbocycles. The first-order chi connectivity index (χ1) is 9.38. The molecule has 1 rings (SSSR count). The Kier molecular flexibility index (Phi) is 6.60. The van der Waals surface area contributed by atoms with Crippen molar-refractivity contribution in [1.82, 2.24) is 0 Å². The van der Waals surface area contributed by atoms with Gasteiger partial charge in [-0.2, -0.15) is 0 Å². The second-order valence-electron chi connectivity index (χ2n) is 3.96. The van der Waals surface area contributed by atoms with Crippen LogP contribution < -0.4 is 11.1 Å². The summed E-state index contributed by atoms with van der Waals surface area (Å²) in [6.07, 6.45) is -0.355. The number of methoxy groups -OCH3 is 1. The molecule has 4 N–H and O–H groups in total. The van der Waals surface area contributed by atoms with Crippen LogP contribution in [-0.2, 0) is 9.53 Å². The minimum atomic E-state index is -1.13. The number of hydrogen-bond donors (Lipinski definition) is 3. The second kappa shape index (κ2) is 7.72. The molecule has 0 saturated heterocycles. The number of nitrogens with two attached hydrogens (primary N) is 1. The summed E-state index contributed by atoms with van der Waals surface area (Å²) in [5.74, 6) is -1.50. The number of nitrogens with one attached hydrogen (secondary N) is 1. The molecule has 1 aromatic rings. The summed E-state index contributed by atoms with van der Waals surface area (Å²) in [6, 6.07) is 3.07. The van der Waals surface area contributed by atoms with Crippen LogP contribution in [0.3, 0.4) is 0 Å². The molecule has 0 bridgehead atoms. The van der Waals surface area contributed by atoms with Crippen molar-refractivity contribution in [2.75, 3.05) is 19.0 Å². The van der Waals surface area contributed by atoms with Gasteiger partial charge in [-0.05, 0) is 28.1 Å². The van der Waals surface area contributed by atoms with Gasteiger partial charge in [-0.3, -0.25) is 4.79 Å². The molecule has 1 atom stereocenters. The Morgan fingerprint density at radius 2 is 2.10 bits per heavy atom. The first-order valence-corrected chi connectivity index (χ1v) is 7.22. The Morgan fingerprint density at radius 3 is 2.60 bits per heavy atom. The minimum absolute atomic E-state index is 0.0127. The maximum atomic E-state index is 11.9. The van der Waals surface area contributed by atoms with E-state index in [0.29, 0.717) is 8.95 Å². The van der Waals surface area contributed by atoms with Crippen molar-refractivity contribution in [3.63, 3.8) is 0 Å². The zero-order valence-corrected chi connectivity index (χ0v) is 13.8. The first kappa shape index (κ1) is 17.1. The lowest BCUT2D eigenvalue weighted by atomic mass is 10.1. The second-order valence-corrected chi connectivity index (χ2v) is 5.73. The van der Waals surface area contributed by atoms with E-state index in [1.54, 1.807) is 6.07 Å². The Bertz CT molecular complexity index is 518. The van der Waals surface area contributed by atoms with Crippen LogP contribution in [0.15, 0.2) is 21.1 Å². The third kappa shape index (κ3) is 4.55. The molecule has 0 heterocycles. The monoisotopic (exact) mass is 408 g/mol. The van der Waals surface area contributed by atoms with E-state index in [-0.39, 0.29) is 30.1 Å². The average Bonchev–Trinajstić information content (AvgIpc) is 2.38. The lowest BCUT2D eigenvalue weighted by Crippen LogP contribution is -2.28. The van der Waals surface area contributed by atoms with Crippen LogP contribution in [0.1, 0.15) is 16.8 Å². The normalized spacial score (nSPS) is 12.0. The van der Waals surface area contributed by atoms with E-state index in [9.17, 15) is 9.59 Å². The molecule has 0 aliphatic carbocycles. The maximum absolute atomic E-state index is 11.9. The van der Waals surface area contributed by atoms with E-state index in [4.69, 9.17) is 15.6 Å². The van der Waals surface area contributed by atoms with Crippen LogP contribution in [-0.4, -0.2) is 36.7 Å². The number of aromatic carboxylic acids is 1. The molecule has 0 aliphatic heterocycles. The smallest absolute Gasteiger partial charge is 0.337 e. The van der Waals surface area contributed by atoms with Crippen molar-refractivity contribution >= 4 is 49.4 Å². The highest BCUT2D eigenvalue weighted by molar-refractivity contribution is 9.11. The fourth-order valence-electron chi connectivity index (χ4n) is 1.53. The highest BCUT2D eigenvalue weighted by atomic mass is 79.9. The van der Waals surface area contributed by atoms with Crippen LogP contribution >= 0.6 is 31.9 Å². The molecule has 20 heavy (non-hydrogen) atoms. The number of carbonyl (C=O) groups is 2. The van der Waals surface area contributed by atoms with Crippen molar-refractivity contribution in [2.24, 2.45) is 5.73 Å². The molecule has 0 radical (unpaired) electrons. The van der Waals surface area contributed by atoms with Gasteiger partial charge in [-0.15, -0.1) is 0 Å². The predicted molar refractivity (Wildman–Crippen MR) is 81.9 cm³/mol. The van der Waals surface area contributed by atoms with Crippen molar-refractivity contribution in [3.8, 4) is 0 Å². The number of carbonyl (C=O) groups excluding carboxylic acids is 1. The van der Waals surface area contributed by atoms with Crippen LogP contribution in [0.25, 0.3) is 0 Å². The van der Waals surface area contributed by atoms with Gasteiger partial charge in [0, 0.05) is 22.6 Å². The Morgan fingerprint density at radius 1 is 1.45 bits per heavy atom. The zero-order valence-electron chi connectivity index (χ0n) is 10.7. The molecule has 0 spiro atoms. The van der Waals surface area contributed by atoms with Crippen molar-refractivity contribution in [3.05, 3.63) is 26.6 Å². The van der Waals surface area contributed by atoms with E-state index >= 15 is 0 Å². The number of amides is 1. The molecular formula is C12H14Br2N2O4. The molecule has 0 aromatic heterocycles. The summed E-state index contributed by atoms with van der Waals surface area (Å²) in [6.45, 7) is 0.206. The number of ether oxygens (including phenoxy) is 1. The van der Waals surface area contributed by atoms with Crippen molar-refractivity contribution < 1.29 is 19.4 Å². The first-order valence-electron chi connectivity index (χ1n) is 5.64. The number of anilines is 1. The fraction of sp³-hybridized carbons (Fsp3) is 0.333. The molecule has 1 unspecified atom stereocenters. The lowest BCUT2D eigenvalue weighted by molar-refractivity contribution is -0.118. The van der Waals surface area contributed by atoms with Gasteiger partial charge in [-0.1, -0.05) is 15.9 Å². The molecule has 1 amide bonds. The molecule has 8 heteroatoms. The summed E-state index contributed by atoms with van der Waals surface area (Å²) in [4.78, 5) is 23.1. The van der Waals surface area contributed by atoms with E-state index in [1.807, 2.05) is 0 Å². The number of halogens is 2. The Labute approximate surface area is 132 Å². The fourth-order valence-corrected chi connectivity index (χ4v) is 2.85. The number of carboxylic acid groups (broad SMARTS) is 1. The van der Waals surface area contributed by atoms with Crippen LogP contribution in [0.5, 0.6) is 0 Å². The summed E-state index contributed by atoms with van der Waals surface area (Å²) < 4.78 is 6.08. The molecule has 1 aromatic carbocycles. The van der Waals surface area contributed by atoms with Gasteiger partial charge in [0.05, 0.1) is 23.8 Å². The number of benzene rings is 1. The van der Waals surface area contributed by atoms with Crippen molar-refractivity contribution in [2.45, 2.75) is 12.5 Å². The Hall–Kier alpha value is -0.960. The van der Waals surface area contributed by atoms with Gasteiger partial charge >= 0.3 is 5.97 Å². The van der Waals surface area contributed by atoms with Gasteiger partial charge in [-0.25, -0.2) is 4.79 Å². The summed E-state index contributed by atoms with van der Waals surface area (Å²) in [5, 5.41) is 11.7. The maximum Gasteiger partial charge on any atom is 0.337 e. The van der Waals surface area contributed by atoms with Crippen LogP contribution in [0.2, 0.25) is 0 Å². The van der Waals surface area contributed by atoms with Gasteiger partial charge < -0.3 is 20.9 Å². The summed E-state index contributed by atoms with van der Waals surface area (Å²) in [7, 11) is 1.46. The zero-order chi connectivity index (χ0) is 15.3. The molecule has 0 fully saturated rings. The third-order valence-electron chi connectivity index (χ3n) is 2.56. The topological polar surface area (TPSA) is 102 Å². The van der Waals surface area contributed by atoms with Gasteiger partial charge in [0.1, 0.15) is 0 Å².